The second-order valence-corrected chi connectivity index (χ2v) is 4.27. The van der Waals surface area contributed by atoms with Gasteiger partial charge in [-0.05, 0) is 22.0 Å². The predicted molar refractivity (Wildman–Crippen MR) is 64.7 cm³/mol. The van der Waals surface area contributed by atoms with Gasteiger partial charge in [0.2, 0.25) is 0 Å². The summed E-state index contributed by atoms with van der Waals surface area (Å²) in [4.78, 5) is 15.8. The lowest BCUT2D eigenvalue weighted by molar-refractivity contribution is 0.0602. The van der Waals surface area contributed by atoms with E-state index in [9.17, 15) is 4.79 Å². The zero-order valence-electron chi connectivity index (χ0n) is 8.28. The van der Waals surface area contributed by atoms with Gasteiger partial charge >= 0.3 is 5.97 Å². The lowest BCUT2D eigenvalue weighted by atomic mass is 10.3. The summed E-state index contributed by atoms with van der Waals surface area (Å²) >= 11 is 6.69. The van der Waals surface area contributed by atoms with Gasteiger partial charge in [-0.15, -0.1) is 0 Å². The Labute approximate surface area is 108 Å². The molecule has 2 aromatic rings. The first-order valence-electron chi connectivity index (χ1n) is 4.35. The molecular formula is C9H7Br2N3O2. The number of carbonyl (C=O) groups excluding carboxylic acids is 1. The van der Waals surface area contributed by atoms with Crippen molar-refractivity contribution < 1.29 is 9.53 Å². The van der Waals surface area contributed by atoms with Crippen molar-refractivity contribution in [3.05, 3.63) is 28.1 Å². The third-order valence-corrected chi connectivity index (χ3v) is 3.39. The van der Waals surface area contributed by atoms with E-state index in [1.165, 1.54) is 13.3 Å². The van der Waals surface area contributed by atoms with Gasteiger partial charge < -0.3 is 4.74 Å². The van der Waals surface area contributed by atoms with Crippen molar-refractivity contribution in [3.63, 3.8) is 0 Å². The average molecular weight is 349 g/mol. The molecule has 5 nitrogen and oxygen atoms in total. The van der Waals surface area contributed by atoms with Crippen LogP contribution in [0.5, 0.6) is 0 Å². The fourth-order valence-electron chi connectivity index (χ4n) is 1.32. The standard InChI is InChI=1S/C9H7Br2N3O2/c1-16-9(15)5-2-3-12-14-7(11)6(4-10)13-8(5)14/h2-3H,4H2,1H3. The highest BCUT2D eigenvalue weighted by Gasteiger charge is 2.17. The van der Waals surface area contributed by atoms with Gasteiger partial charge in [0.1, 0.15) is 10.2 Å². The minimum absolute atomic E-state index is 0.394. The summed E-state index contributed by atoms with van der Waals surface area (Å²) in [6.45, 7) is 0. The number of nitrogens with zero attached hydrogens (tertiary/aromatic N) is 3. The first-order valence-corrected chi connectivity index (χ1v) is 6.27. The van der Waals surface area contributed by atoms with Gasteiger partial charge in [-0.2, -0.15) is 5.10 Å². The number of carbonyl (C=O) groups is 1. The summed E-state index contributed by atoms with van der Waals surface area (Å²) in [5.74, 6) is -0.425. The SMILES string of the molecule is COC(=O)c1ccnn2c(Br)c(CBr)nc12. The Kier molecular flexibility index (Phi) is 3.25. The third kappa shape index (κ3) is 1.73. The van der Waals surface area contributed by atoms with Crippen LogP contribution in [-0.4, -0.2) is 27.7 Å². The number of hydrogen-bond donors (Lipinski definition) is 0. The maximum atomic E-state index is 11.5. The molecule has 0 radical (unpaired) electrons. The minimum atomic E-state index is -0.425. The summed E-state index contributed by atoms with van der Waals surface area (Å²) in [5, 5.41) is 4.69. The molecule has 0 amide bonds. The highest BCUT2D eigenvalue weighted by molar-refractivity contribution is 9.10. The number of hydrogen-bond acceptors (Lipinski definition) is 4. The normalized spacial score (nSPS) is 10.7. The number of aromatic nitrogens is 3. The van der Waals surface area contributed by atoms with E-state index in [0.717, 1.165) is 10.3 Å². The van der Waals surface area contributed by atoms with Gasteiger partial charge in [0, 0.05) is 11.5 Å². The van der Waals surface area contributed by atoms with E-state index in [0.29, 0.717) is 16.5 Å². The van der Waals surface area contributed by atoms with E-state index < -0.39 is 5.97 Å². The number of imidazole rings is 1. The van der Waals surface area contributed by atoms with Crippen molar-refractivity contribution in [3.8, 4) is 0 Å². The largest absolute Gasteiger partial charge is 0.465 e. The van der Waals surface area contributed by atoms with Crippen molar-refractivity contribution in [2.45, 2.75) is 5.33 Å². The number of esters is 1. The highest BCUT2D eigenvalue weighted by atomic mass is 79.9. The molecule has 2 rings (SSSR count). The molecule has 0 fully saturated rings. The predicted octanol–water partition coefficient (Wildman–Crippen LogP) is 2.17. The van der Waals surface area contributed by atoms with Crippen molar-refractivity contribution in [1.82, 2.24) is 14.6 Å². The van der Waals surface area contributed by atoms with Crippen LogP contribution in [0.1, 0.15) is 16.1 Å². The van der Waals surface area contributed by atoms with Gasteiger partial charge in [0.15, 0.2) is 5.65 Å². The van der Waals surface area contributed by atoms with E-state index in [2.05, 4.69) is 46.7 Å². The van der Waals surface area contributed by atoms with Crippen LogP contribution in [0.25, 0.3) is 5.65 Å². The maximum Gasteiger partial charge on any atom is 0.341 e. The van der Waals surface area contributed by atoms with Crippen molar-refractivity contribution in [1.29, 1.82) is 0 Å². The van der Waals surface area contributed by atoms with Gasteiger partial charge in [-0.25, -0.2) is 14.3 Å². The molecule has 16 heavy (non-hydrogen) atoms. The second-order valence-electron chi connectivity index (χ2n) is 2.95. The van der Waals surface area contributed by atoms with Crippen LogP contribution < -0.4 is 0 Å². The fraction of sp³-hybridized carbons (Fsp3) is 0.222. The monoisotopic (exact) mass is 347 g/mol. The van der Waals surface area contributed by atoms with Gasteiger partial charge in [0.25, 0.3) is 0 Å². The molecule has 0 saturated carbocycles. The number of rotatable bonds is 2. The molecule has 0 N–H and O–H groups in total. The van der Waals surface area contributed by atoms with Crippen molar-refractivity contribution in [2.24, 2.45) is 0 Å². The highest BCUT2D eigenvalue weighted by Crippen LogP contribution is 2.22. The van der Waals surface area contributed by atoms with Crippen LogP contribution in [0.4, 0.5) is 0 Å². The number of ether oxygens (including phenoxy) is 1. The quantitative estimate of drug-likeness (QED) is 0.616. The topological polar surface area (TPSA) is 56.5 Å². The Morgan fingerprint density at radius 1 is 1.62 bits per heavy atom. The second kappa shape index (κ2) is 4.50. The number of fused-ring (bicyclic) bond motifs is 1. The Bertz CT molecular complexity index is 553. The maximum absolute atomic E-state index is 11.5. The van der Waals surface area contributed by atoms with Gasteiger partial charge in [0.05, 0.1) is 12.8 Å². The molecule has 7 heteroatoms. The number of halogens is 2. The summed E-state index contributed by atoms with van der Waals surface area (Å²) in [6, 6.07) is 1.58. The van der Waals surface area contributed by atoms with Crippen molar-refractivity contribution >= 4 is 43.5 Å². The molecule has 0 unspecified atom stereocenters. The van der Waals surface area contributed by atoms with E-state index in [1.807, 2.05) is 0 Å². The molecule has 0 spiro atoms. The number of alkyl halides is 1. The van der Waals surface area contributed by atoms with Crippen molar-refractivity contribution in [2.75, 3.05) is 7.11 Å². The van der Waals surface area contributed by atoms with Crippen LogP contribution in [0.15, 0.2) is 16.9 Å². The lowest BCUT2D eigenvalue weighted by Crippen LogP contribution is -2.05. The zero-order chi connectivity index (χ0) is 11.7. The Morgan fingerprint density at radius 2 is 2.38 bits per heavy atom. The summed E-state index contributed by atoms with van der Waals surface area (Å²) in [6.07, 6.45) is 1.53. The first-order chi connectivity index (χ1) is 7.69. The Balaban J connectivity index is 2.73. The van der Waals surface area contributed by atoms with E-state index in [-0.39, 0.29) is 0 Å². The average Bonchev–Trinajstić information content (AvgIpc) is 2.65. The van der Waals surface area contributed by atoms with E-state index >= 15 is 0 Å². The minimum Gasteiger partial charge on any atom is -0.465 e. The van der Waals surface area contributed by atoms with Gasteiger partial charge in [-0.1, -0.05) is 15.9 Å². The Morgan fingerprint density at radius 3 is 3.00 bits per heavy atom. The van der Waals surface area contributed by atoms with E-state index in [1.54, 1.807) is 10.6 Å². The van der Waals surface area contributed by atoms with Crippen LogP contribution in [0.2, 0.25) is 0 Å². The molecule has 0 aliphatic carbocycles. The van der Waals surface area contributed by atoms with Crippen LogP contribution in [0, 0.1) is 0 Å². The van der Waals surface area contributed by atoms with E-state index in [4.69, 9.17) is 0 Å². The smallest absolute Gasteiger partial charge is 0.341 e. The molecule has 0 aromatic carbocycles. The molecule has 2 aromatic heterocycles. The molecule has 0 saturated heterocycles. The summed E-state index contributed by atoms with van der Waals surface area (Å²) in [7, 11) is 1.34. The number of methoxy groups -OCH3 is 1. The lowest BCUT2D eigenvalue weighted by Gasteiger charge is -2.00. The fourth-order valence-corrected chi connectivity index (χ4v) is 2.58. The first kappa shape index (κ1) is 11.5. The van der Waals surface area contributed by atoms with Crippen LogP contribution in [-0.2, 0) is 10.1 Å². The molecule has 84 valence electrons. The molecule has 2 heterocycles. The van der Waals surface area contributed by atoms with Crippen LogP contribution >= 0.6 is 31.9 Å². The van der Waals surface area contributed by atoms with Gasteiger partial charge in [-0.3, -0.25) is 0 Å². The summed E-state index contributed by atoms with van der Waals surface area (Å²) in [5.41, 5.74) is 1.66. The summed E-state index contributed by atoms with van der Waals surface area (Å²) < 4.78 is 6.97. The molecular weight excluding hydrogens is 342 g/mol. The molecule has 0 aliphatic rings. The molecule has 0 bridgehead atoms. The zero-order valence-corrected chi connectivity index (χ0v) is 11.4. The Hall–Kier alpha value is -0.950. The molecule has 0 atom stereocenters. The third-order valence-electron chi connectivity index (χ3n) is 2.06. The van der Waals surface area contributed by atoms with Crippen LogP contribution in [0.3, 0.4) is 0 Å². The molecule has 0 aliphatic heterocycles.